The first-order chi connectivity index (χ1) is 11.5. The standard InChI is InChI=1S/C15H13ClN4O3S/c1-23-14-5-3-2-4-12(14)18-15(24)19-17-9-10-6-7-11(16)13(8-10)20(21)22/h2-9H,1H3,(H2,18,19,24)/b17-9+. The summed E-state index contributed by atoms with van der Waals surface area (Å²) in [6.07, 6.45) is 1.40. The lowest BCUT2D eigenvalue weighted by atomic mass is 10.2. The van der Waals surface area contributed by atoms with Gasteiger partial charge in [0.05, 0.1) is 23.9 Å². The number of benzene rings is 2. The zero-order chi connectivity index (χ0) is 17.5. The van der Waals surface area contributed by atoms with Crippen molar-refractivity contribution in [2.75, 3.05) is 12.4 Å². The molecule has 124 valence electrons. The summed E-state index contributed by atoms with van der Waals surface area (Å²) in [5.41, 5.74) is 3.64. The number of nitrogens with zero attached hydrogens (tertiary/aromatic N) is 2. The van der Waals surface area contributed by atoms with E-state index in [0.29, 0.717) is 17.0 Å². The van der Waals surface area contributed by atoms with Crippen LogP contribution in [0.4, 0.5) is 11.4 Å². The minimum atomic E-state index is -0.555. The van der Waals surface area contributed by atoms with Gasteiger partial charge in [0, 0.05) is 11.6 Å². The summed E-state index contributed by atoms with van der Waals surface area (Å²) in [7, 11) is 1.56. The molecule has 2 rings (SSSR count). The highest BCUT2D eigenvalue weighted by molar-refractivity contribution is 7.80. The normalized spacial score (nSPS) is 10.4. The molecule has 0 fully saturated rings. The molecule has 0 radical (unpaired) electrons. The van der Waals surface area contributed by atoms with Gasteiger partial charge < -0.3 is 10.1 Å². The Morgan fingerprint density at radius 3 is 2.83 bits per heavy atom. The molecule has 24 heavy (non-hydrogen) atoms. The summed E-state index contributed by atoms with van der Waals surface area (Å²) >= 11 is 10.9. The van der Waals surface area contributed by atoms with E-state index in [2.05, 4.69) is 15.8 Å². The van der Waals surface area contributed by atoms with Crippen LogP contribution < -0.4 is 15.5 Å². The Morgan fingerprint density at radius 2 is 2.12 bits per heavy atom. The lowest BCUT2D eigenvalue weighted by Crippen LogP contribution is -2.24. The van der Waals surface area contributed by atoms with Crippen LogP contribution in [0.1, 0.15) is 5.56 Å². The molecular formula is C15H13ClN4O3S. The molecular weight excluding hydrogens is 352 g/mol. The molecule has 0 atom stereocenters. The van der Waals surface area contributed by atoms with Crippen molar-refractivity contribution >= 4 is 46.5 Å². The number of nitro benzene ring substituents is 1. The third kappa shape index (κ3) is 4.64. The summed E-state index contributed by atoms with van der Waals surface area (Å²) in [5.74, 6) is 0.638. The average molecular weight is 365 g/mol. The molecule has 0 aliphatic rings. The molecule has 7 nitrogen and oxygen atoms in total. The van der Waals surface area contributed by atoms with Gasteiger partial charge in [-0.3, -0.25) is 15.5 Å². The van der Waals surface area contributed by atoms with Crippen molar-refractivity contribution in [2.45, 2.75) is 0 Å². The molecule has 0 aromatic heterocycles. The number of thiocarbonyl (C=S) groups is 1. The van der Waals surface area contributed by atoms with E-state index in [1.165, 1.54) is 18.3 Å². The van der Waals surface area contributed by atoms with E-state index >= 15 is 0 Å². The van der Waals surface area contributed by atoms with Gasteiger partial charge in [-0.2, -0.15) is 5.10 Å². The van der Waals surface area contributed by atoms with Crippen LogP contribution >= 0.6 is 23.8 Å². The van der Waals surface area contributed by atoms with Gasteiger partial charge in [0.25, 0.3) is 5.69 Å². The van der Waals surface area contributed by atoms with E-state index in [0.717, 1.165) is 0 Å². The molecule has 0 aliphatic carbocycles. The molecule has 0 bridgehead atoms. The Hall–Kier alpha value is -2.71. The van der Waals surface area contributed by atoms with Gasteiger partial charge in [-0.1, -0.05) is 29.8 Å². The second-order valence-electron chi connectivity index (χ2n) is 4.49. The SMILES string of the molecule is COc1ccccc1NC(=S)N/N=C/c1ccc(Cl)c([N+](=O)[O-])c1. The second kappa shape index (κ2) is 8.23. The maximum absolute atomic E-state index is 10.8. The highest BCUT2D eigenvalue weighted by atomic mass is 35.5. The van der Waals surface area contributed by atoms with Gasteiger partial charge >= 0.3 is 0 Å². The number of para-hydroxylation sites is 2. The van der Waals surface area contributed by atoms with E-state index in [-0.39, 0.29) is 15.8 Å². The third-order valence-electron chi connectivity index (χ3n) is 2.90. The van der Waals surface area contributed by atoms with Crippen molar-refractivity contribution in [3.63, 3.8) is 0 Å². The van der Waals surface area contributed by atoms with E-state index < -0.39 is 4.92 Å². The molecule has 0 unspecified atom stereocenters. The molecule has 0 aliphatic heterocycles. The number of hydrogen-bond acceptors (Lipinski definition) is 5. The highest BCUT2D eigenvalue weighted by Crippen LogP contribution is 2.24. The number of ether oxygens (including phenoxy) is 1. The Labute approximate surface area is 148 Å². The lowest BCUT2D eigenvalue weighted by molar-refractivity contribution is -0.384. The fraction of sp³-hybridized carbons (Fsp3) is 0.0667. The van der Waals surface area contributed by atoms with Gasteiger partial charge in [-0.05, 0) is 30.4 Å². The number of rotatable bonds is 5. The lowest BCUT2D eigenvalue weighted by Gasteiger charge is -2.10. The van der Waals surface area contributed by atoms with Crippen LogP contribution in [0.25, 0.3) is 0 Å². The Kier molecular flexibility index (Phi) is 6.05. The minimum Gasteiger partial charge on any atom is -0.495 e. The van der Waals surface area contributed by atoms with Crippen LogP contribution in [0.3, 0.4) is 0 Å². The van der Waals surface area contributed by atoms with E-state index in [9.17, 15) is 10.1 Å². The second-order valence-corrected chi connectivity index (χ2v) is 5.31. The van der Waals surface area contributed by atoms with E-state index in [4.69, 9.17) is 28.6 Å². The van der Waals surface area contributed by atoms with Crippen molar-refractivity contribution in [1.82, 2.24) is 5.43 Å². The molecule has 2 aromatic carbocycles. The highest BCUT2D eigenvalue weighted by Gasteiger charge is 2.11. The molecule has 0 heterocycles. The van der Waals surface area contributed by atoms with Crippen LogP contribution in [0.2, 0.25) is 5.02 Å². The topological polar surface area (TPSA) is 88.8 Å². The smallest absolute Gasteiger partial charge is 0.288 e. The number of nitro groups is 1. The maximum Gasteiger partial charge on any atom is 0.288 e. The monoisotopic (exact) mass is 364 g/mol. The average Bonchev–Trinajstić information content (AvgIpc) is 2.56. The first kappa shape index (κ1) is 17.6. The quantitative estimate of drug-likeness (QED) is 0.365. The van der Waals surface area contributed by atoms with Crippen LogP contribution in [-0.4, -0.2) is 23.4 Å². The zero-order valence-corrected chi connectivity index (χ0v) is 14.1. The molecule has 2 aromatic rings. The first-order valence-electron chi connectivity index (χ1n) is 6.68. The van der Waals surface area contributed by atoms with E-state index in [1.807, 2.05) is 12.1 Å². The summed E-state index contributed by atoms with van der Waals surface area (Å²) in [6.45, 7) is 0. The number of hydrazone groups is 1. The summed E-state index contributed by atoms with van der Waals surface area (Å²) in [6, 6.07) is 11.6. The number of halogens is 1. The molecule has 2 N–H and O–H groups in total. The van der Waals surface area contributed by atoms with Gasteiger partial charge in [-0.15, -0.1) is 0 Å². The largest absolute Gasteiger partial charge is 0.495 e. The minimum absolute atomic E-state index is 0.0680. The predicted molar refractivity (Wildman–Crippen MR) is 98.1 cm³/mol. The molecule has 0 spiro atoms. The molecule has 0 saturated carbocycles. The van der Waals surface area contributed by atoms with Crippen LogP contribution in [0, 0.1) is 10.1 Å². The molecule has 0 saturated heterocycles. The fourth-order valence-corrected chi connectivity index (χ4v) is 2.16. The molecule has 9 heteroatoms. The van der Waals surface area contributed by atoms with Gasteiger partial charge in [0.1, 0.15) is 10.8 Å². The number of nitrogens with one attached hydrogen (secondary N) is 2. The predicted octanol–water partition coefficient (Wildman–Crippen LogP) is 3.58. The van der Waals surface area contributed by atoms with Gasteiger partial charge in [0.2, 0.25) is 0 Å². The fourth-order valence-electron chi connectivity index (χ4n) is 1.81. The summed E-state index contributed by atoms with van der Waals surface area (Å²) in [4.78, 5) is 10.3. The summed E-state index contributed by atoms with van der Waals surface area (Å²) < 4.78 is 5.20. The van der Waals surface area contributed by atoms with Crippen molar-refractivity contribution in [2.24, 2.45) is 5.10 Å². The van der Waals surface area contributed by atoms with Crippen molar-refractivity contribution in [3.8, 4) is 5.75 Å². The van der Waals surface area contributed by atoms with Crippen molar-refractivity contribution in [3.05, 3.63) is 63.2 Å². The number of hydrogen-bond donors (Lipinski definition) is 2. The van der Waals surface area contributed by atoms with Crippen LogP contribution in [0.5, 0.6) is 5.75 Å². The number of methoxy groups -OCH3 is 1. The van der Waals surface area contributed by atoms with Gasteiger partial charge in [0.15, 0.2) is 5.11 Å². The Balaban J connectivity index is 2.00. The van der Waals surface area contributed by atoms with Crippen LogP contribution in [-0.2, 0) is 0 Å². The Morgan fingerprint density at radius 1 is 1.38 bits per heavy atom. The zero-order valence-electron chi connectivity index (χ0n) is 12.5. The summed E-state index contributed by atoms with van der Waals surface area (Å²) in [5, 5.41) is 18.0. The van der Waals surface area contributed by atoms with E-state index in [1.54, 1.807) is 25.3 Å². The van der Waals surface area contributed by atoms with Crippen LogP contribution in [0.15, 0.2) is 47.6 Å². The number of anilines is 1. The Bertz CT molecular complexity index is 798. The maximum atomic E-state index is 10.8. The first-order valence-corrected chi connectivity index (χ1v) is 7.47. The third-order valence-corrected chi connectivity index (χ3v) is 3.41. The van der Waals surface area contributed by atoms with Crippen molar-refractivity contribution < 1.29 is 9.66 Å². The van der Waals surface area contributed by atoms with Crippen molar-refractivity contribution in [1.29, 1.82) is 0 Å². The van der Waals surface area contributed by atoms with Gasteiger partial charge in [-0.25, -0.2) is 0 Å². The molecule has 0 amide bonds.